The van der Waals surface area contributed by atoms with Crippen LogP contribution in [0.4, 0.5) is 0 Å². The molecule has 0 amide bonds. The summed E-state index contributed by atoms with van der Waals surface area (Å²) in [5, 5.41) is 7.70. The first-order valence-corrected chi connectivity index (χ1v) is 7.74. The molecule has 0 atom stereocenters. The van der Waals surface area contributed by atoms with Crippen LogP contribution in [0.5, 0.6) is 0 Å². The van der Waals surface area contributed by atoms with E-state index in [1.165, 1.54) is 5.69 Å². The Bertz CT molecular complexity index is 809. The van der Waals surface area contributed by atoms with Crippen LogP contribution in [-0.2, 0) is 14.1 Å². The normalized spacial score (nSPS) is 16.5. The van der Waals surface area contributed by atoms with Crippen molar-refractivity contribution in [3.05, 3.63) is 30.5 Å². The van der Waals surface area contributed by atoms with Gasteiger partial charge in [-0.15, -0.1) is 0 Å². The number of fused-ring (bicyclic) bond motifs is 1. The fourth-order valence-corrected chi connectivity index (χ4v) is 3.22. The molecule has 1 aliphatic heterocycles. The molecule has 0 unspecified atom stereocenters. The van der Waals surface area contributed by atoms with Crippen LogP contribution < -0.4 is 5.32 Å². The zero-order chi connectivity index (χ0) is 15.1. The van der Waals surface area contributed by atoms with Gasteiger partial charge in [0.25, 0.3) is 0 Å². The molecule has 1 aliphatic rings. The molecule has 0 bridgehead atoms. The lowest BCUT2D eigenvalue weighted by Crippen LogP contribution is -2.27. The standard InChI is InChI=1S/C16H20N6/c1-21-10-18-16-14(21)7-13(11-3-5-17-6-4-11)20-15(16)12-8-19-22(2)9-12/h7-11,17H,3-6H2,1-2H3. The highest BCUT2D eigenvalue weighted by atomic mass is 15.2. The molecule has 0 saturated carbocycles. The third-order valence-electron chi connectivity index (χ3n) is 4.47. The van der Waals surface area contributed by atoms with Crippen LogP contribution in [0, 0.1) is 0 Å². The summed E-state index contributed by atoms with van der Waals surface area (Å²) in [5.41, 5.74) is 5.24. The molecule has 6 heteroatoms. The van der Waals surface area contributed by atoms with Gasteiger partial charge in [0, 0.05) is 37.5 Å². The maximum absolute atomic E-state index is 4.96. The van der Waals surface area contributed by atoms with Crippen molar-refractivity contribution in [1.29, 1.82) is 0 Å². The summed E-state index contributed by atoms with van der Waals surface area (Å²) in [6, 6.07) is 2.21. The monoisotopic (exact) mass is 296 g/mol. The van der Waals surface area contributed by atoms with E-state index in [-0.39, 0.29) is 0 Å². The summed E-state index contributed by atoms with van der Waals surface area (Å²) in [7, 11) is 3.96. The molecule has 3 aromatic heterocycles. The number of imidazole rings is 1. The van der Waals surface area contributed by atoms with Gasteiger partial charge in [-0.25, -0.2) is 9.97 Å². The van der Waals surface area contributed by atoms with E-state index in [1.54, 1.807) is 0 Å². The number of nitrogens with one attached hydrogen (secondary N) is 1. The number of rotatable bonds is 2. The fourth-order valence-electron chi connectivity index (χ4n) is 3.22. The number of piperidine rings is 1. The van der Waals surface area contributed by atoms with Crippen LogP contribution in [0.1, 0.15) is 24.5 Å². The summed E-state index contributed by atoms with van der Waals surface area (Å²) in [5.74, 6) is 0.524. The van der Waals surface area contributed by atoms with Crippen molar-refractivity contribution in [1.82, 2.24) is 29.6 Å². The molecule has 22 heavy (non-hydrogen) atoms. The van der Waals surface area contributed by atoms with Crippen molar-refractivity contribution in [2.24, 2.45) is 14.1 Å². The minimum absolute atomic E-state index is 0.524. The second-order valence-electron chi connectivity index (χ2n) is 6.05. The average molecular weight is 296 g/mol. The van der Waals surface area contributed by atoms with E-state index >= 15 is 0 Å². The third-order valence-corrected chi connectivity index (χ3v) is 4.47. The molecule has 3 aromatic rings. The van der Waals surface area contributed by atoms with Gasteiger partial charge in [-0.05, 0) is 32.0 Å². The van der Waals surface area contributed by atoms with Crippen molar-refractivity contribution in [2.45, 2.75) is 18.8 Å². The predicted molar refractivity (Wildman–Crippen MR) is 85.6 cm³/mol. The van der Waals surface area contributed by atoms with E-state index in [0.29, 0.717) is 5.92 Å². The molecule has 1 saturated heterocycles. The van der Waals surface area contributed by atoms with E-state index in [2.05, 4.69) is 26.0 Å². The lowest BCUT2D eigenvalue weighted by molar-refractivity contribution is 0.454. The number of aryl methyl sites for hydroxylation is 2. The third kappa shape index (κ3) is 2.20. The molecule has 0 spiro atoms. The van der Waals surface area contributed by atoms with Gasteiger partial charge in [-0.3, -0.25) is 4.68 Å². The topological polar surface area (TPSA) is 60.6 Å². The Morgan fingerprint density at radius 3 is 2.77 bits per heavy atom. The number of nitrogens with zero attached hydrogens (tertiary/aromatic N) is 5. The van der Waals surface area contributed by atoms with E-state index < -0.39 is 0 Å². The average Bonchev–Trinajstić information content (AvgIpc) is 3.14. The maximum atomic E-state index is 4.96. The predicted octanol–water partition coefficient (Wildman–Crippen LogP) is 1.84. The maximum Gasteiger partial charge on any atom is 0.115 e. The van der Waals surface area contributed by atoms with Gasteiger partial charge < -0.3 is 9.88 Å². The zero-order valence-electron chi connectivity index (χ0n) is 13.0. The Morgan fingerprint density at radius 2 is 2.05 bits per heavy atom. The molecule has 1 fully saturated rings. The largest absolute Gasteiger partial charge is 0.334 e. The van der Waals surface area contributed by atoms with Crippen molar-refractivity contribution in [2.75, 3.05) is 13.1 Å². The molecule has 1 N–H and O–H groups in total. The van der Waals surface area contributed by atoms with Gasteiger partial charge in [0.2, 0.25) is 0 Å². The van der Waals surface area contributed by atoms with Crippen LogP contribution in [0.2, 0.25) is 0 Å². The molecule has 4 rings (SSSR count). The zero-order valence-corrected chi connectivity index (χ0v) is 13.0. The molecule has 6 nitrogen and oxygen atoms in total. The molecular weight excluding hydrogens is 276 g/mol. The van der Waals surface area contributed by atoms with E-state index in [0.717, 1.165) is 48.2 Å². The summed E-state index contributed by atoms with van der Waals surface area (Å²) >= 11 is 0. The van der Waals surface area contributed by atoms with E-state index in [4.69, 9.17) is 4.98 Å². The lowest BCUT2D eigenvalue weighted by Gasteiger charge is -2.22. The van der Waals surface area contributed by atoms with Crippen molar-refractivity contribution in [3.63, 3.8) is 0 Å². The molecule has 4 heterocycles. The molecular formula is C16H20N6. The van der Waals surface area contributed by atoms with Gasteiger partial charge in [-0.1, -0.05) is 0 Å². The van der Waals surface area contributed by atoms with Crippen LogP contribution in [0.15, 0.2) is 24.8 Å². The summed E-state index contributed by atoms with van der Waals surface area (Å²) in [6.45, 7) is 2.13. The number of hydrogen-bond acceptors (Lipinski definition) is 4. The highest BCUT2D eigenvalue weighted by Crippen LogP contribution is 2.31. The number of hydrogen-bond donors (Lipinski definition) is 1. The summed E-state index contributed by atoms with van der Waals surface area (Å²) < 4.78 is 3.88. The second-order valence-corrected chi connectivity index (χ2v) is 6.05. The van der Waals surface area contributed by atoms with E-state index in [1.807, 2.05) is 37.5 Å². The van der Waals surface area contributed by atoms with Crippen LogP contribution in [0.3, 0.4) is 0 Å². The van der Waals surface area contributed by atoms with Crippen molar-refractivity contribution >= 4 is 11.0 Å². The first kappa shape index (κ1) is 13.5. The van der Waals surface area contributed by atoms with Gasteiger partial charge in [0.15, 0.2) is 0 Å². The summed E-state index contributed by atoms with van der Waals surface area (Å²) in [4.78, 5) is 9.51. The first-order valence-electron chi connectivity index (χ1n) is 7.74. The Kier molecular flexibility index (Phi) is 3.18. The first-order chi connectivity index (χ1) is 10.7. The van der Waals surface area contributed by atoms with Crippen molar-refractivity contribution in [3.8, 4) is 11.3 Å². The SMILES string of the molecule is Cn1cc(-c2nc(C3CCNCC3)cc3c2ncn3C)cn1. The fraction of sp³-hybridized carbons (Fsp3) is 0.438. The molecule has 0 radical (unpaired) electrons. The van der Waals surface area contributed by atoms with Crippen LogP contribution in [0.25, 0.3) is 22.3 Å². The van der Waals surface area contributed by atoms with Crippen molar-refractivity contribution < 1.29 is 0 Å². The van der Waals surface area contributed by atoms with Gasteiger partial charge >= 0.3 is 0 Å². The Labute approximate surface area is 129 Å². The molecule has 0 aromatic carbocycles. The highest BCUT2D eigenvalue weighted by molar-refractivity contribution is 5.89. The van der Waals surface area contributed by atoms with Gasteiger partial charge in [-0.2, -0.15) is 5.10 Å². The Hall–Kier alpha value is -2.21. The number of pyridine rings is 1. The van der Waals surface area contributed by atoms with E-state index in [9.17, 15) is 0 Å². The Morgan fingerprint density at radius 1 is 1.23 bits per heavy atom. The number of aromatic nitrogens is 5. The summed E-state index contributed by atoms with van der Waals surface area (Å²) in [6.07, 6.45) is 8.01. The molecule has 0 aliphatic carbocycles. The second kappa shape index (κ2) is 5.21. The lowest BCUT2D eigenvalue weighted by atomic mass is 9.93. The quantitative estimate of drug-likeness (QED) is 0.784. The smallest absolute Gasteiger partial charge is 0.115 e. The minimum Gasteiger partial charge on any atom is -0.334 e. The van der Waals surface area contributed by atoms with Crippen LogP contribution in [-0.4, -0.2) is 37.4 Å². The van der Waals surface area contributed by atoms with Gasteiger partial charge in [0.1, 0.15) is 11.2 Å². The minimum atomic E-state index is 0.524. The van der Waals surface area contributed by atoms with Gasteiger partial charge in [0.05, 0.1) is 18.0 Å². The Balaban J connectivity index is 1.89. The highest BCUT2D eigenvalue weighted by Gasteiger charge is 2.20. The van der Waals surface area contributed by atoms with Crippen LogP contribution >= 0.6 is 0 Å². The molecule has 114 valence electrons.